The van der Waals surface area contributed by atoms with Gasteiger partial charge in [-0.25, -0.2) is 0 Å². The van der Waals surface area contributed by atoms with E-state index in [1.165, 1.54) is 16.7 Å². The maximum atomic E-state index is 9.45. The Morgan fingerprint density at radius 2 is 1.83 bits per heavy atom. The van der Waals surface area contributed by atoms with Gasteiger partial charge in [0.2, 0.25) is 17.5 Å². The van der Waals surface area contributed by atoms with Gasteiger partial charge in [0.25, 0.3) is 0 Å². The summed E-state index contributed by atoms with van der Waals surface area (Å²) in [5.74, 6) is 1.07. The van der Waals surface area contributed by atoms with Crippen LogP contribution in [0.4, 0.5) is 5.88 Å². The van der Waals surface area contributed by atoms with Crippen molar-refractivity contribution in [2.75, 3.05) is 11.4 Å². The van der Waals surface area contributed by atoms with Crippen LogP contribution in [0.25, 0.3) is 11.5 Å². The number of oxazole rings is 1. The fourth-order valence-corrected chi connectivity index (χ4v) is 3.09. The summed E-state index contributed by atoms with van der Waals surface area (Å²) in [4.78, 5) is 6.49. The zero-order valence-electron chi connectivity index (χ0n) is 13.5. The molecule has 2 aromatic carbocycles. The minimum absolute atomic E-state index is 0.352. The van der Waals surface area contributed by atoms with Gasteiger partial charge in [-0.1, -0.05) is 42.0 Å². The molecule has 0 bridgehead atoms. The first kappa shape index (κ1) is 14.5. The van der Waals surface area contributed by atoms with Crippen LogP contribution in [0.3, 0.4) is 0 Å². The van der Waals surface area contributed by atoms with E-state index in [1.807, 2.05) is 37.3 Å². The number of benzene rings is 2. The van der Waals surface area contributed by atoms with Crippen LogP contribution in [0.15, 0.2) is 52.9 Å². The van der Waals surface area contributed by atoms with Gasteiger partial charge in [-0.05, 0) is 36.6 Å². The number of rotatable bonds is 2. The molecule has 1 aliphatic heterocycles. The molecular formula is C20H17N3O. The van der Waals surface area contributed by atoms with Crippen LogP contribution in [0.2, 0.25) is 0 Å². The number of anilines is 1. The van der Waals surface area contributed by atoms with Gasteiger partial charge in [0.15, 0.2) is 0 Å². The van der Waals surface area contributed by atoms with Crippen molar-refractivity contribution in [3.05, 3.63) is 70.9 Å². The molecule has 4 heteroatoms. The molecule has 0 aliphatic carbocycles. The molecular weight excluding hydrogens is 298 g/mol. The Labute approximate surface area is 141 Å². The van der Waals surface area contributed by atoms with Crippen LogP contribution in [-0.2, 0) is 13.0 Å². The van der Waals surface area contributed by atoms with E-state index in [2.05, 4.69) is 34.2 Å². The van der Waals surface area contributed by atoms with E-state index in [9.17, 15) is 5.26 Å². The third-order valence-electron chi connectivity index (χ3n) is 4.43. The van der Waals surface area contributed by atoms with Gasteiger partial charge >= 0.3 is 0 Å². The van der Waals surface area contributed by atoms with Gasteiger partial charge in [0, 0.05) is 18.7 Å². The van der Waals surface area contributed by atoms with Crippen LogP contribution in [0.1, 0.15) is 22.4 Å². The van der Waals surface area contributed by atoms with E-state index < -0.39 is 0 Å². The number of aromatic nitrogens is 1. The molecule has 0 fully saturated rings. The van der Waals surface area contributed by atoms with Crippen LogP contribution < -0.4 is 4.90 Å². The summed E-state index contributed by atoms with van der Waals surface area (Å²) in [6.45, 7) is 3.61. The molecule has 0 atom stereocenters. The summed E-state index contributed by atoms with van der Waals surface area (Å²) in [6.07, 6.45) is 0.946. The molecule has 0 radical (unpaired) electrons. The topological polar surface area (TPSA) is 53.1 Å². The highest BCUT2D eigenvalue weighted by Crippen LogP contribution is 2.31. The van der Waals surface area contributed by atoms with Crippen molar-refractivity contribution in [3.63, 3.8) is 0 Å². The Morgan fingerprint density at radius 1 is 1.08 bits per heavy atom. The van der Waals surface area contributed by atoms with Gasteiger partial charge in [0.1, 0.15) is 6.07 Å². The summed E-state index contributed by atoms with van der Waals surface area (Å²) >= 11 is 0. The second-order valence-electron chi connectivity index (χ2n) is 6.09. The fraction of sp³-hybridized carbons (Fsp3) is 0.200. The molecule has 0 saturated heterocycles. The highest BCUT2D eigenvalue weighted by molar-refractivity contribution is 5.60. The molecule has 3 aromatic rings. The molecule has 0 saturated carbocycles. The summed E-state index contributed by atoms with van der Waals surface area (Å²) in [5, 5.41) is 9.45. The molecule has 4 nitrogen and oxygen atoms in total. The molecule has 0 unspecified atom stereocenters. The second kappa shape index (κ2) is 5.86. The average Bonchev–Trinajstić information content (AvgIpc) is 3.06. The molecule has 0 N–H and O–H groups in total. The number of hydrogen-bond donors (Lipinski definition) is 0. The number of nitrogens with zero attached hydrogens (tertiary/aromatic N) is 3. The largest absolute Gasteiger partial charge is 0.419 e. The van der Waals surface area contributed by atoms with E-state index >= 15 is 0 Å². The standard InChI is InChI=1S/C20H17N3O/c1-14-6-8-16(9-7-14)19-22-18(12-21)20(24-19)23-11-10-15-4-2-3-5-17(15)13-23/h2-9H,10-11,13H2,1H3. The first-order valence-electron chi connectivity index (χ1n) is 8.04. The normalized spacial score (nSPS) is 13.4. The Morgan fingerprint density at radius 3 is 2.58 bits per heavy atom. The lowest BCUT2D eigenvalue weighted by Gasteiger charge is -2.28. The van der Waals surface area contributed by atoms with Crippen molar-refractivity contribution in [1.29, 1.82) is 5.26 Å². The number of nitriles is 1. The zero-order chi connectivity index (χ0) is 16.5. The van der Waals surface area contributed by atoms with E-state index in [0.717, 1.165) is 25.1 Å². The van der Waals surface area contributed by atoms with Crippen molar-refractivity contribution < 1.29 is 4.42 Å². The summed E-state index contributed by atoms with van der Waals surface area (Å²) in [7, 11) is 0. The smallest absolute Gasteiger partial charge is 0.235 e. The lowest BCUT2D eigenvalue weighted by molar-refractivity contribution is 0.540. The van der Waals surface area contributed by atoms with E-state index in [-0.39, 0.29) is 0 Å². The monoisotopic (exact) mass is 315 g/mol. The minimum Gasteiger partial charge on any atom is -0.419 e. The summed E-state index contributed by atoms with van der Waals surface area (Å²) < 4.78 is 5.98. The highest BCUT2D eigenvalue weighted by atomic mass is 16.4. The SMILES string of the molecule is Cc1ccc(-c2nc(C#N)c(N3CCc4ccccc4C3)o2)cc1. The third-order valence-corrected chi connectivity index (χ3v) is 4.43. The Balaban J connectivity index is 1.69. The predicted octanol–water partition coefficient (Wildman–Crippen LogP) is 4.08. The van der Waals surface area contributed by atoms with Crippen LogP contribution in [0, 0.1) is 18.3 Å². The van der Waals surface area contributed by atoms with Crippen molar-refractivity contribution in [2.24, 2.45) is 0 Å². The Hall–Kier alpha value is -3.06. The number of fused-ring (bicyclic) bond motifs is 1. The van der Waals surface area contributed by atoms with Crippen LogP contribution >= 0.6 is 0 Å². The van der Waals surface area contributed by atoms with Gasteiger partial charge in [0.05, 0.1) is 0 Å². The first-order valence-corrected chi connectivity index (χ1v) is 8.04. The Bertz CT molecular complexity index is 919. The minimum atomic E-state index is 0.352. The first-order chi connectivity index (χ1) is 11.7. The average molecular weight is 315 g/mol. The van der Waals surface area contributed by atoms with Crippen molar-refractivity contribution in [1.82, 2.24) is 4.98 Å². The Kier molecular flexibility index (Phi) is 3.55. The predicted molar refractivity (Wildman–Crippen MR) is 92.6 cm³/mol. The third kappa shape index (κ3) is 2.55. The van der Waals surface area contributed by atoms with Gasteiger partial charge in [-0.15, -0.1) is 0 Å². The molecule has 0 amide bonds. The fourth-order valence-electron chi connectivity index (χ4n) is 3.09. The van der Waals surface area contributed by atoms with E-state index in [0.29, 0.717) is 17.5 Å². The van der Waals surface area contributed by atoms with Gasteiger partial charge in [-0.3, -0.25) is 0 Å². The zero-order valence-corrected chi connectivity index (χ0v) is 13.5. The van der Waals surface area contributed by atoms with E-state index in [1.54, 1.807) is 0 Å². The van der Waals surface area contributed by atoms with Crippen molar-refractivity contribution in [3.8, 4) is 17.5 Å². The van der Waals surface area contributed by atoms with Crippen LogP contribution in [-0.4, -0.2) is 11.5 Å². The molecule has 2 heterocycles. The molecule has 1 aliphatic rings. The molecule has 4 rings (SSSR count). The van der Waals surface area contributed by atoms with Crippen molar-refractivity contribution >= 4 is 5.88 Å². The molecule has 24 heavy (non-hydrogen) atoms. The molecule has 118 valence electrons. The lowest BCUT2D eigenvalue weighted by Crippen LogP contribution is -2.30. The maximum Gasteiger partial charge on any atom is 0.235 e. The second-order valence-corrected chi connectivity index (χ2v) is 6.09. The van der Waals surface area contributed by atoms with Gasteiger partial charge in [-0.2, -0.15) is 10.2 Å². The van der Waals surface area contributed by atoms with E-state index in [4.69, 9.17) is 4.42 Å². The quantitative estimate of drug-likeness (QED) is 0.715. The highest BCUT2D eigenvalue weighted by Gasteiger charge is 2.24. The van der Waals surface area contributed by atoms with Gasteiger partial charge < -0.3 is 9.32 Å². The molecule has 1 aromatic heterocycles. The molecule has 0 spiro atoms. The number of aryl methyl sites for hydroxylation is 1. The maximum absolute atomic E-state index is 9.45. The van der Waals surface area contributed by atoms with Crippen LogP contribution in [0.5, 0.6) is 0 Å². The summed E-state index contributed by atoms with van der Waals surface area (Å²) in [5.41, 5.74) is 5.07. The summed E-state index contributed by atoms with van der Waals surface area (Å²) in [6, 6.07) is 18.6. The lowest BCUT2D eigenvalue weighted by atomic mass is 10.00. The number of hydrogen-bond acceptors (Lipinski definition) is 4. The van der Waals surface area contributed by atoms with Crippen molar-refractivity contribution in [2.45, 2.75) is 19.9 Å².